The van der Waals surface area contributed by atoms with Crippen LogP contribution >= 0.6 is 0 Å². The molecule has 0 saturated carbocycles. The number of alkyl carbamates (subject to hydrolysis) is 1. The zero-order chi connectivity index (χ0) is 25.5. The quantitative estimate of drug-likeness (QED) is 0.487. The highest BCUT2D eigenvalue weighted by Crippen LogP contribution is 2.36. The second-order valence-electron chi connectivity index (χ2n) is 8.95. The van der Waals surface area contributed by atoms with Crippen LogP contribution in [0.25, 0.3) is 0 Å². The van der Waals surface area contributed by atoms with Crippen molar-refractivity contribution in [3.63, 3.8) is 0 Å². The number of methoxy groups -OCH3 is 1. The van der Waals surface area contributed by atoms with E-state index in [1.165, 1.54) is 7.11 Å². The Morgan fingerprint density at radius 2 is 1.49 bits per heavy atom. The molecule has 0 bridgehead atoms. The van der Waals surface area contributed by atoms with Gasteiger partial charge in [0, 0.05) is 12.7 Å². The van der Waals surface area contributed by atoms with Gasteiger partial charge in [-0.1, -0.05) is 91.0 Å². The van der Waals surface area contributed by atoms with Crippen LogP contribution in [0, 0.1) is 0 Å². The standard InChI is InChI=1S/C29H31NO7/c1-32-28-24(30-29(31)35-18-21-13-7-3-8-14-21)26(33-17-20-11-5-2-6-12-20)25-23(36-28)19-34-27(37-25)22-15-9-4-10-16-22/h2-16,23-28H,17-19H2,1H3,(H,30,31). The molecule has 3 aromatic carbocycles. The highest BCUT2D eigenvalue weighted by Gasteiger charge is 2.51. The van der Waals surface area contributed by atoms with Crippen LogP contribution in [0.2, 0.25) is 0 Å². The Labute approximate surface area is 216 Å². The van der Waals surface area contributed by atoms with Crippen LogP contribution in [0.3, 0.4) is 0 Å². The lowest BCUT2D eigenvalue weighted by molar-refractivity contribution is -0.346. The van der Waals surface area contributed by atoms with Gasteiger partial charge in [0.25, 0.3) is 0 Å². The maximum Gasteiger partial charge on any atom is 0.407 e. The van der Waals surface area contributed by atoms with Gasteiger partial charge >= 0.3 is 6.09 Å². The van der Waals surface area contributed by atoms with Gasteiger partial charge in [0.2, 0.25) is 0 Å². The van der Waals surface area contributed by atoms with Gasteiger partial charge < -0.3 is 33.7 Å². The van der Waals surface area contributed by atoms with E-state index in [0.29, 0.717) is 13.2 Å². The summed E-state index contributed by atoms with van der Waals surface area (Å²) in [7, 11) is 1.53. The number of carbonyl (C=O) groups excluding carboxylic acids is 1. The van der Waals surface area contributed by atoms with Gasteiger partial charge in [0.05, 0.1) is 13.2 Å². The van der Waals surface area contributed by atoms with Crippen molar-refractivity contribution in [1.82, 2.24) is 5.32 Å². The summed E-state index contributed by atoms with van der Waals surface area (Å²) in [6, 6.07) is 28.3. The van der Waals surface area contributed by atoms with E-state index >= 15 is 0 Å². The summed E-state index contributed by atoms with van der Waals surface area (Å²) in [5, 5.41) is 2.91. The lowest BCUT2D eigenvalue weighted by Crippen LogP contribution is -2.67. The minimum atomic E-state index is -0.785. The van der Waals surface area contributed by atoms with Gasteiger partial charge in [0.15, 0.2) is 12.6 Å². The molecule has 6 unspecified atom stereocenters. The molecule has 2 fully saturated rings. The Morgan fingerprint density at radius 1 is 0.865 bits per heavy atom. The second kappa shape index (κ2) is 12.3. The number of hydrogen-bond acceptors (Lipinski definition) is 7. The van der Waals surface area contributed by atoms with Crippen molar-refractivity contribution < 1.29 is 33.2 Å². The first-order valence-corrected chi connectivity index (χ1v) is 12.3. The summed E-state index contributed by atoms with van der Waals surface area (Å²) in [5.74, 6) is 0. The third kappa shape index (κ3) is 6.36. The molecule has 0 aliphatic carbocycles. The molecule has 2 aliphatic rings. The molecule has 2 saturated heterocycles. The van der Waals surface area contributed by atoms with Crippen LogP contribution in [0.15, 0.2) is 91.0 Å². The van der Waals surface area contributed by atoms with Gasteiger partial charge in [-0.05, 0) is 11.1 Å². The molecule has 0 aromatic heterocycles. The number of rotatable bonds is 8. The minimum absolute atomic E-state index is 0.139. The highest BCUT2D eigenvalue weighted by atomic mass is 16.7. The van der Waals surface area contributed by atoms with E-state index in [-0.39, 0.29) is 6.61 Å². The molecule has 3 aromatic rings. The summed E-state index contributed by atoms with van der Waals surface area (Å²) < 4.78 is 36.0. The maximum atomic E-state index is 12.8. The van der Waals surface area contributed by atoms with E-state index in [1.807, 2.05) is 91.0 Å². The van der Waals surface area contributed by atoms with Crippen LogP contribution < -0.4 is 5.32 Å². The summed E-state index contributed by atoms with van der Waals surface area (Å²) in [5.41, 5.74) is 2.77. The smallest absolute Gasteiger partial charge is 0.407 e. The molecular weight excluding hydrogens is 474 g/mol. The lowest BCUT2D eigenvalue weighted by atomic mass is 9.95. The molecule has 1 N–H and O–H groups in total. The summed E-state index contributed by atoms with van der Waals surface area (Å²) in [6.45, 7) is 0.753. The van der Waals surface area contributed by atoms with Crippen LogP contribution in [0.1, 0.15) is 23.0 Å². The van der Waals surface area contributed by atoms with Gasteiger partial charge in [-0.2, -0.15) is 0 Å². The number of hydrogen-bond donors (Lipinski definition) is 1. The molecule has 0 radical (unpaired) electrons. The summed E-state index contributed by atoms with van der Waals surface area (Å²) in [6.07, 6.45) is -3.52. The van der Waals surface area contributed by atoms with E-state index in [0.717, 1.165) is 16.7 Å². The Balaban J connectivity index is 1.35. The minimum Gasteiger partial charge on any atom is -0.445 e. The normalized spacial score (nSPS) is 27.2. The van der Waals surface area contributed by atoms with Crippen molar-refractivity contribution >= 4 is 6.09 Å². The number of carbonyl (C=O) groups is 1. The second-order valence-corrected chi connectivity index (χ2v) is 8.95. The molecule has 0 spiro atoms. The van der Waals surface area contributed by atoms with E-state index < -0.39 is 43.0 Å². The lowest BCUT2D eigenvalue weighted by Gasteiger charge is -2.48. The van der Waals surface area contributed by atoms with Gasteiger partial charge in [-0.3, -0.25) is 0 Å². The zero-order valence-corrected chi connectivity index (χ0v) is 20.6. The molecule has 2 heterocycles. The number of amides is 1. The molecule has 6 atom stereocenters. The molecular formula is C29H31NO7. The SMILES string of the molecule is COC1OC2COC(c3ccccc3)OC2C(OCc2ccccc2)C1NC(=O)OCc1ccccc1. The van der Waals surface area contributed by atoms with Crippen molar-refractivity contribution in [2.45, 2.75) is 50.1 Å². The Morgan fingerprint density at radius 3 is 2.14 bits per heavy atom. The maximum absolute atomic E-state index is 12.8. The number of fused-ring (bicyclic) bond motifs is 1. The van der Waals surface area contributed by atoms with Crippen molar-refractivity contribution in [3.8, 4) is 0 Å². The fourth-order valence-electron chi connectivity index (χ4n) is 4.57. The first-order valence-electron chi connectivity index (χ1n) is 12.3. The summed E-state index contributed by atoms with van der Waals surface area (Å²) in [4.78, 5) is 12.8. The van der Waals surface area contributed by atoms with Crippen molar-refractivity contribution in [2.75, 3.05) is 13.7 Å². The average molecular weight is 506 g/mol. The first-order chi connectivity index (χ1) is 18.2. The third-order valence-electron chi connectivity index (χ3n) is 6.43. The van der Waals surface area contributed by atoms with Gasteiger partial charge in [-0.15, -0.1) is 0 Å². The molecule has 194 valence electrons. The van der Waals surface area contributed by atoms with E-state index in [1.54, 1.807) is 0 Å². The number of ether oxygens (including phenoxy) is 6. The molecule has 8 heteroatoms. The predicted octanol–water partition coefficient (Wildman–Crippen LogP) is 4.35. The largest absolute Gasteiger partial charge is 0.445 e. The monoisotopic (exact) mass is 505 g/mol. The van der Waals surface area contributed by atoms with E-state index in [2.05, 4.69) is 5.32 Å². The van der Waals surface area contributed by atoms with Gasteiger partial charge in [0.1, 0.15) is 31.0 Å². The Hall–Kier alpha value is -3.27. The van der Waals surface area contributed by atoms with Crippen molar-refractivity contribution in [3.05, 3.63) is 108 Å². The number of nitrogens with one attached hydrogen (secondary N) is 1. The first kappa shape index (κ1) is 25.4. The topological polar surface area (TPSA) is 84.5 Å². The molecule has 1 amide bonds. The van der Waals surface area contributed by atoms with Crippen LogP contribution in [-0.4, -0.2) is 50.5 Å². The molecule has 37 heavy (non-hydrogen) atoms. The zero-order valence-electron chi connectivity index (χ0n) is 20.6. The fourth-order valence-corrected chi connectivity index (χ4v) is 4.57. The van der Waals surface area contributed by atoms with Crippen LogP contribution in [0.5, 0.6) is 0 Å². The Kier molecular flexibility index (Phi) is 8.45. The third-order valence-corrected chi connectivity index (χ3v) is 6.43. The predicted molar refractivity (Wildman–Crippen MR) is 134 cm³/mol. The van der Waals surface area contributed by atoms with E-state index in [9.17, 15) is 4.79 Å². The van der Waals surface area contributed by atoms with Crippen molar-refractivity contribution in [2.24, 2.45) is 0 Å². The van der Waals surface area contributed by atoms with Gasteiger partial charge in [-0.25, -0.2) is 4.79 Å². The average Bonchev–Trinajstić information content (AvgIpc) is 2.96. The Bertz CT molecular complexity index is 1110. The number of benzene rings is 3. The molecule has 2 aliphatic heterocycles. The van der Waals surface area contributed by atoms with E-state index in [4.69, 9.17) is 28.4 Å². The highest BCUT2D eigenvalue weighted by molar-refractivity contribution is 5.67. The van der Waals surface area contributed by atoms with Crippen LogP contribution in [0.4, 0.5) is 4.79 Å². The fraction of sp³-hybridized carbons (Fsp3) is 0.345. The molecule has 8 nitrogen and oxygen atoms in total. The summed E-state index contributed by atoms with van der Waals surface area (Å²) >= 11 is 0. The van der Waals surface area contributed by atoms with Crippen molar-refractivity contribution in [1.29, 1.82) is 0 Å². The van der Waals surface area contributed by atoms with Crippen LogP contribution in [-0.2, 0) is 41.6 Å². The molecule has 5 rings (SSSR count).